The lowest BCUT2D eigenvalue weighted by atomic mass is 9.78. The Bertz CT molecular complexity index is 862. The zero-order valence-electron chi connectivity index (χ0n) is 16.6. The maximum absolute atomic E-state index is 11.2. The Kier molecular flexibility index (Phi) is 6.09. The standard InChI is InChI=1S/C21H30N2O3S2/c1-28(24,25)26-16-15-22-11-13-23(14-12-22)21(9-5-2-6-10-21)20-17-18-7-3-4-8-19(18)27-20/h3-4,7-8,17H,2,5-6,9-16H2,1H3. The molecule has 0 N–H and O–H groups in total. The molecular formula is C21H30N2O3S2. The second-order valence-corrected chi connectivity index (χ2v) is 10.8. The van der Waals surface area contributed by atoms with E-state index in [4.69, 9.17) is 4.18 Å². The highest BCUT2D eigenvalue weighted by Gasteiger charge is 2.41. The van der Waals surface area contributed by atoms with Gasteiger partial charge in [-0.1, -0.05) is 37.5 Å². The van der Waals surface area contributed by atoms with Crippen LogP contribution in [0.2, 0.25) is 0 Å². The van der Waals surface area contributed by atoms with Crippen molar-refractivity contribution in [3.05, 3.63) is 35.2 Å². The molecule has 154 valence electrons. The van der Waals surface area contributed by atoms with Crippen LogP contribution in [0, 0.1) is 0 Å². The number of rotatable bonds is 6. The average molecular weight is 423 g/mol. The van der Waals surface area contributed by atoms with Crippen molar-refractivity contribution < 1.29 is 12.6 Å². The topological polar surface area (TPSA) is 49.9 Å². The van der Waals surface area contributed by atoms with E-state index in [2.05, 4.69) is 40.1 Å². The Hall–Kier alpha value is -0.990. The van der Waals surface area contributed by atoms with Crippen LogP contribution in [0.3, 0.4) is 0 Å². The second-order valence-electron chi connectivity index (χ2n) is 8.10. The van der Waals surface area contributed by atoms with E-state index in [9.17, 15) is 8.42 Å². The molecule has 2 heterocycles. The molecule has 28 heavy (non-hydrogen) atoms. The van der Waals surface area contributed by atoms with E-state index >= 15 is 0 Å². The minimum atomic E-state index is -3.35. The molecule has 1 aliphatic carbocycles. The van der Waals surface area contributed by atoms with Crippen LogP contribution in [0.25, 0.3) is 10.1 Å². The summed E-state index contributed by atoms with van der Waals surface area (Å²) in [6.45, 7) is 4.94. The average Bonchev–Trinajstić information content (AvgIpc) is 3.13. The van der Waals surface area contributed by atoms with E-state index in [1.165, 1.54) is 47.1 Å². The summed E-state index contributed by atoms with van der Waals surface area (Å²) in [5.41, 5.74) is 0.178. The van der Waals surface area contributed by atoms with Gasteiger partial charge in [-0.2, -0.15) is 8.42 Å². The normalized spacial score (nSPS) is 21.9. The van der Waals surface area contributed by atoms with Crippen molar-refractivity contribution in [2.45, 2.75) is 37.6 Å². The molecule has 0 spiro atoms. The first-order valence-electron chi connectivity index (χ1n) is 10.3. The zero-order valence-corrected chi connectivity index (χ0v) is 18.2. The van der Waals surface area contributed by atoms with Crippen molar-refractivity contribution in [3.8, 4) is 0 Å². The largest absolute Gasteiger partial charge is 0.298 e. The molecule has 0 unspecified atom stereocenters. The minimum Gasteiger partial charge on any atom is -0.298 e. The van der Waals surface area contributed by atoms with Gasteiger partial charge < -0.3 is 0 Å². The van der Waals surface area contributed by atoms with Crippen LogP contribution < -0.4 is 0 Å². The smallest absolute Gasteiger partial charge is 0.264 e. The Morgan fingerprint density at radius 3 is 2.46 bits per heavy atom. The lowest BCUT2D eigenvalue weighted by Gasteiger charge is -2.49. The summed E-state index contributed by atoms with van der Waals surface area (Å²) in [5, 5.41) is 1.36. The lowest BCUT2D eigenvalue weighted by Crippen LogP contribution is -2.56. The van der Waals surface area contributed by atoms with Gasteiger partial charge in [0.1, 0.15) is 0 Å². The molecule has 1 saturated carbocycles. The number of piperazine rings is 1. The highest BCUT2D eigenvalue weighted by molar-refractivity contribution is 7.85. The summed E-state index contributed by atoms with van der Waals surface area (Å²) in [4.78, 5) is 6.57. The third kappa shape index (κ3) is 4.44. The Morgan fingerprint density at radius 2 is 1.79 bits per heavy atom. The predicted octanol–water partition coefficient (Wildman–Crippen LogP) is 3.65. The van der Waals surface area contributed by atoms with Gasteiger partial charge >= 0.3 is 0 Å². The van der Waals surface area contributed by atoms with Gasteiger partial charge in [-0.05, 0) is 30.4 Å². The first-order valence-corrected chi connectivity index (χ1v) is 12.9. The number of thiophene rings is 1. The van der Waals surface area contributed by atoms with Crippen LogP contribution in [0.1, 0.15) is 37.0 Å². The SMILES string of the molecule is CS(=O)(=O)OCCN1CCN(C2(c3cc4ccccc4s3)CCCCC2)CC1. The lowest BCUT2D eigenvalue weighted by molar-refractivity contribution is 0.00421. The molecule has 5 nitrogen and oxygen atoms in total. The molecule has 2 aromatic rings. The molecule has 0 radical (unpaired) electrons. The Morgan fingerprint density at radius 1 is 1.07 bits per heavy atom. The van der Waals surface area contributed by atoms with E-state index in [-0.39, 0.29) is 12.1 Å². The summed E-state index contributed by atoms with van der Waals surface area (Å²) >= 11 is 1.97. The van der Waals surface area contributed by atoms with Crippen molar-refractivity contribution in [2.24, 2.45) is 0 Å². The maximum Gasteiger partial charge on any atom is 0.264 e. The molecule has 0 atom stereocenters. The molecule has 2 fully saturated rings. The number of hydrogen-bond acceptors (Lipinski definition) is 6. The van der Waals surface area contributed by atoms with Gasteiger partial charge in [-0.15, -0.1) is 11.3 Å². The van der Waals surface area contributed by atoms with Gasteiger partial charge in [0, 0.05) is 42.3 Å². The number of benzene rings is 1. The Balaban J connectivity index is 1.47. The third-order valence-corrected chi connectivity index (χ3v) is 8.15. The third-order valence-electron chi connectivity index (χ3n) is 6.25. The second kappa shape index (κ2) is 8.40. The van der Waals surface area contributed by atoms with Crippen LogP contribution >= 0.6 is 11.3 Å². The number of fused-ring (bicyclic) bond motifs is 1. The van der Waals surface area contributed by atoms with E-state index in [1.807, 2.05) is 11.3 Å². The molecule has 0 bridgehead atoms. The van der Waals surface area contributed by atoms with Crippen molar-refractivity contribution in [1.29, 1.82) is 0 Å². The zero-order chi connectivity index (χ0) is 19.6. The predicted molar refractivity (Wildman–Crippen MR) is 115 cm³/mol. The molecule has 1 aromatic carbocycles. The molecule has 1 aliphatic heterocycles. The van der Waals surface area contributed by atoms with Crippen molar-refractivity contribution >= 4 is 31.5 Å². The fraction of sp³-hybridized carbons (Fsp3) is 0.619. The van der Waals surface area contributed by atoms with Crippen LogP contribution in [-0.2, 0) is 19.8 Å². The highest BCUT2D eigenvalue weighted by Crippen LogP contribution is 2.46. The van der Waals surface area contributed by atoms with Gasteiger partial charge in [0.2, 0.25) is 0 Å². The molecule has 1 saturated heterocycles. The van der Waals surface area contributed by atoms with Crippen LogP contribution in [0.4, 0.5) is 0 Å². The fourth-order valence-electron chi connectivity index (χ4n) is 4.78. The fourth-order valence-corrected chi connectivity index (χ4v) is 6.50. The first-order chi connectivity index (χ1) is 13.5. The quantitative estimate of drug-likeness (QED) is 0.665. The van der Waals surface area contributed by atoms with Gasteiger partial charge in [0.05, 0.1) is 18.4 Å². The van der Waals surface area contributed by atoms with Gasteiger partial charge in [-0.3, -0.25) is 14.0 Å². The van der Waals surface area contributed by atoms with Crippen molar-refractivity contribution in [2.75, 3.05) is 45.6 Å². The van der Waals surface area contributed by atoms with E-state index in [1.54, 1.807) is 0 Å². The summed E-state index contributed by atoms with van der Waals surface area (Å²) < 4.78 is 28.6. The molecule has 0 amide bonds. The number of nitrogens with zero attached hydrogens (tertiary/aromatic N) is 2. The molecule has 4 rings (SSSR count). The van der Waals surface area contributed by atoms with Gasteiger partial charge in [0.25, 0.3) is 10.1 Å². The first kappa shape index (κ1) is 20.3. The van der Waals surface area contributed by atoms with Gasteiger partial charge in [0.15, 0.2) is 0 Å². The number of hydrogen-bond donors (Lipinski definition) is 0. The van der Waals surface area contributed by atoms with E-state index in [0.717, 1.165) is 32.4 Å². The van der Waals surface area contributed by atoms with Crippen LogP contribution in [0.5, 0.6) is 0 Å². The van der Waals surface area contributed by atoms with Gasteiger partial charge in [-0.25, -0.2) is 0 Å². The van der Waals surface area contributed by atoms with Crippen LogP contribution in [-0.4, -0.2) is 63.8 Å². The summed E-state index contributed by atoms with van der Waals surface area (Å²) in [7, 11) is -3.35. The van der Waals surface area contributed by atoms with Crippen LogP contribution in [0.15, 0.2) is 30.3 Å². The van der Waals surface area contributed by atoms with Crippen molar-refractivity contribution in [3.63, 3.8) is 0 Å². The monoisotopic (exact) mass is 422 g/mol. The summed E-state index contributed by atoms with van der Waals surface area (Å²) in [6.07, 6.45) is 7.56. The summed E-state index contributed by atoms with van der Waals surface area (Å²) in [5.74, 6) is 0. The maximum atomic E-state index is 11.2. The molecule has 1 aromatic heterocycles. The van der Waals surface area contributed by atoms with E-state index < -0.39 is 10.1 Å². The van der Waals surface area contributed by atoms with E-state index in [0.29, 0.717) is 6.54 Å². The highest BCUT2D eigenvalue weighted by atomic mass is 32.2. The summed E-state index contributed by atoms with van der Waals surface area (Å²) in [6, 6.07) is 11.2. The molecular weight excluding hydrogens is 392 g/mol. The molecule has 7 heteroatoms. The molecule has 2 aliphatic rings. The Labute approximate surface area is 172 Å². The van der Waals surface area contributed by atoms with Crippen molar-refractivity contribution in [1.82, 2.24) is 9.80 Å². The minimum absolute atomic E-state index is 0.178.